The Hall–Kier alpha value is -0.650. The fourth-order valence-corrected chi connectivity index (χ4v) is 3.99. The van der Waals surface area contributed by atoms with E-state index in [4.69, 9.17) is 5.50 Å². The molecule has 0 bridgehead atoms. The van der Waals surface area contributed by atoms with Crippen LogP contribution in [0, 0.1) is 0 Å². The van der Waals surface area contributed by atoms with Gasteiger partial charge >= 0.3 is 12.2 Å². The van der Waals surface area contributed by atoms with E-state index in [2.05, 4.69) is 18.5 Å². The molecule has 0 spiro atoms. The van der Waals surface area contributed by atoms with Crippen molar-refractivity contribution in [3.8, 4) is 0 Å². The van der Waals surface area contributed by atoms with Crippen molar-refractivity contribution in [3.63, 3.8) is 0 Å². The number of nitrogens with two attached hydrogens (primary N) is 1. The van der Waals surface area contributed by atoms with Crippen LogP contribution >= 0.6 is 31.9 Å². The monoisotopic (exact) mass is 329 g/mol. The van der Waals surface area contributed by atoms with Gasteiger partial charge < -0.3 is 9.47 Å². The molecule has 2 rings (SSSR count). The first-order valence-corrected chi connectivity index (χ1v) is 8.46. The lowest BCUT2D eigenvalue weighted by Gasteiger charge is -2.19. The molecule has 4 N–H and O–H groups in total. The van der Waals surface area contributed by atoms with Crippen molar-refractivity contribution in [1.29, 1.82) is 0 Å². The molecule has 19 heavy (non-hydrogen) atoms. The number of nitrogens with one attached hydrogen (secondary N) is 2. The van der Waals surface area contributed by atoms with Gasteiger partial charge in [-0.1, -0.05) is 0 Å². The summed E-state index contributed by atoms with van der Waals surface area (Å²) in [5.41, 5.74) is 5.50. The average molecular weight is 329 g/mol. The molecular weight excluding hydrogens is 317 g/mol. The summed E-state index contributed by atoms with van der Waals surface area (Å²) in [6, 6.07) is 0. The quantitative estimate of drug-likeness (QED) is 0.461. The van der Waals surface area contributed by atoms with Gasteiger partial charge in [-0.3, -0.25) is 10.1 Å². The fraction of sp³-hybridized carbons (Fsp3) is 0.667. The summed E-state index contributed by atoms with van der Waals surface area (Å²) in [6.07, 6.45) is -1.04. The Morgan fingerprint density at radius 2 is 1.47 bits per heavy atom. The summed E-state index contributed by atoms with van der Waals surface area (Å²) in [7, 11) is -3.42. The van der Waals surface area contributed by atoms with Gasteiger partial charge in [-0.05, 0) is 0 Å². The number of carbonyl (C=O) groups is 2. The molecule has 2 aliphatic rings. The van der Waals surface area contributed by atoms with Gasteiger partial charge in [0.1, 0.15) is 13.2 Å². The minimum absolute atomic E-state index is 0.282. The topological polar surface area (TPSA) is 126 Å². The van der Waals surface area contributed by atoms with Crippen LogP contribution in [-0.4, -0.2) is 47.1 Å². The first kappa shape index (κ1) is 14.8. The Kier molecular flexibility index (Phi) is 4.81. The van der Waals surface area contributed by atoms with Crippen molar-refractivity contribution in [1.82, 2.24) is 17.6 Å². The van der Waals surface area contributed by atoms with Crippen molar-refractivity contribution < 1.29 is 23.6 Å². The third-order valence-electron chi connectivity index (χ3n) is 2.02. The Labute approximate surface area is 117 Å². The van der Waals surface area contributed by atoms with E-state index in [1.165, 1.54) is 8.61 Å². The lowest BCUT2D eigenvalue weighted by Crippen LogP contribution is -2.28. The molecule has 0 radical (unpaired) electrons. The summed E-state index contributed by atoms with van der Waals surface area (Å²) in [5.74, 6) is 0. The minimum Gasteiger partial charge on any atom is -0.447 e. The molecule has 2 heterocycles. The van der Waals surface area contributed by atoms with Gasteiger partial charge in [-0.2, -0.15) is 8.99 Å². The number of rotatable bonds is 6. The van der Waals surface area contributed by atoms with Gasteiger partial charge in [0, 0.05) is 0 Å². The molecule has 0 aliphatic carbocycles. The summed E-state index contributed by atoms with van der Waals surface area (Å²) in [5, 5.41) is 0. The van der Waals surface area contributed by atoms with Crippen LogP contribution in [0.3, 0.4) is 0 Å². The maximum Gasteiger partial charge on any atom is 0.421 e. The van der Waals surface area contributed by atoms with Gasteiger partial charge in [0.25, 0.3) is 7.59 Å². The minimum atomic E-state index is -3.42. The number of nitrogens with zero attached hydrogens (tertiary/aromatic N) is 2. The highest BCUT2D eigenvalue weighted by Crippen LogP contribution is 2.34. The number of hydrogen-bond donors (Lipinski definition) is 3. The predicted molar refractivity (Wildman–Crippen MR) is 69.4 cm³/mol. The van der Waals surface area contributed by atoms with E-state index in [-0.39, 0.29) is 13.2 Å². The Morgan fingerprint density at radius 1 is 1.05 bits per heavy atom. The maximum absolute atomic E-state index is 11.9. The highest BCUT2D eigenvalue weighted by Gasteiger charge is 2.29. The van der Waals surface area contributed by atoms with Crippen molar-refractivity contribution >= 4 is 44.0 Å². The largest absolute Gasteiger partial charge is 0.447 e. The van der Waals surface area contributed by atoms with Crippen molar-refractivity contribution in [2.24, 2.45) is 5.50 Å². The van der Waals surface area contributed by atoms with Crippen LogP contribution in [0.5, 0.6) is 0 Å². The van der Waals surface area contributed by atoms with E-state index in [0.29, 0.717) is 13.1 Å². The zero-order valence-corrected chi connectivity index (χ0v) is 12.1. The van der Waals surface area contributed by atoms with E-state index >= 15 is 0 Å². The van der Waals surface area contributed by atoms with Gasteiger partial charge in [0.15, 0.2) is 0 Å². The smallest absolute Gasteiger partial charge is 0.421 e. The third kappa shape index (κ3) is 4.16. The van der Waals surface area contributed by atoms with Crippen LogP contribution < -0.4 is 14.5 Å². The van der Waals surface area contributed by atoms with Crippen LogP contribution in [0.25, 0.3) is 0 Å². The molecule has 0 aromatic heterocycles. The fourth-order valence-electron chi connectivity index (χ4n) is 1.16. The second-order valence-electron chi connectivity index (χ2n) is 3.46. The molecule has 2 saturated heterocycles. The van der Waals surface area contributed by atoms with Crippen LogP contribution in [0.15, 0.2) is 0 Å². The second kappa shape index (κ2) is 6.20. The first-order valence-electron chi connectivity index (χ1n) is 5.13. The van der Waals surface area contributed by atoms with Crippen LogP contribution in [0.2, 0.25) is 0 Å². The number of carbonyl (C=O) groups excluding carboxylic acids is 2. The van der Waals surface area contributed by atoms with Crippen LogP contribution in [0.1, 0.15) is 0 Å². The summed E-state index contributed by atoms with van der Waals surface area (Å²) >= 11 is 1.59. The molecule has 13 heteroatoms. The Bertz CT molecular complexity index is 391. The van der Waals surface area contributed by atoms with Gasteiger partial charge in [-0.25, -0.2) is 18.2 Å². The number of cyclic esters (lactones) is 2. The summed E-state index contributed by atoms with van der Waals surface area (Å²) in [6.45, 7) is 1.32. The molecule has 2 aliphatic heterocycles. The average Bonchev–Trinajstić information content (AvgIpc) is 2.93. The molecule has 108 valence electrons. The van der Waals surface area contributed by atoms with Crippen molar-refractivity contribution in [2.45, 2.75) is 0 Å². The maximum atomic E-state index is 11.9. The number of amides is 2. The highest BCUT2D eigenvalue weighted by atomic mass is 32.2. The molecule has 0 aromatic rings. The Morgan fingerprint density at radius 3 is 1.79 bits per heavy atom. The molecule has 0 unspecified atom stereocenters. The van der Waals surface area contributed by atoms with E-state index < -0.39 is 19.8 Å². The van der Waals surface area contributed by atoms with E-state index in [0.717, 1.165) is 24.3 Å². The molecule has 0 saturated carbocycles. The zero-order chi connectivity index (χ0) is 13.9. The standard InChI is InChI=1S/C6H12N5O5PS2/c7-17(14,8-18-10-1-3-15-5(10)12)9-19-11-2-4-16-6(11)13/h1-4H2,(H4,7,8,9,14). The van der Waals surface area contributed by atoms with E-state index in [1.807, 2.05) is 0 Å². The van der Waals surface area contributed by atoms with Crippen LogP contribution in [-0.2, 0) is 14.0 Å². The van der Waals surface area contributed by atoms with Crippen LogP contribution in [0.4, 0.5) is 9.59 Å². The summed E-state index contributed by atoms with van der Waals surface area (Å²) in [4.78, 5) is 22.2. The van der Waals surface area contributed by atoms with Gasteiger partial charge in [-0.15, -0.1) is 0 Å². The normalized spacial score (nSPS) is 19.8. The first-order chi connectivity index (χ1) is 8.98. The molecule has 0 aromatic carbocycles. The van der Waals surface area contributed by atoms with Gasteiger partial charge in [0.2, 0.25) is 0 Å². The third-order valence-corrected chi connectivity index (χ3v) is 5.95. The highest BCUT2D eigenvalue weighted by molar-refractivity contribution is 8.05. The van der Waals surface area contributed by atoms with Crippen molar-refractivity contribution in [3.05, 3.63) is 0 Å². The molecule has 0 atom stereocenters. The Balaban J connectivity index is 1.73. The number of ether oxygens (including phenoxy) is 2. The van der Waals surface area contributed by atoms with Gasteiger partial charge in [0.05, 0.1) is 37.4 Å². The molecule has 2 fully saturated rings. The predicted octanol–water partition coefficient (Wildman–Crippen LogP) is 0.263. The van der Waals surface area contributed by atoms with E-state index in [9.17, 15) is 14.2 Å². The SMILES string of the molecule is NP(=O)(NSN1CCOC1=O)NSN1CCOC1=O. The molecule has 10 nitrogen and oxygen atoms in total. The molecular formula is C6H12N5O5PS2. The zero-order valence-electron chi connectivity index (χ0n) is 9.61. The molecule has 2 amide bonds. The van der Waals surface area contributed by atoms with E-state index in [1.54, 1.807) is 0 Å². The lowest BCUT2D eigenvalue weighted by molar-refractivity contribution is 0.170. The summed E-state index contributed by atoms with van der Waals surface area (Å²) < 4.78 is 28.6. The lowest BCUT2D eigenvalue weighted by atomic mass is 10.7. The number of hydrogen-bond acceptors (Lipinski definition) is 7. The second-order valence-corrected chi connectivity index (χ2v) is 7.48. The van der Waals surface area contributed by atoms with Crippen molar-refractivity contribution in [2.75, 3.05) is 26.3 Å².